The fourth-order valence-corrected chi connectivity index (χ4v) is 2.09. The Bertz CT molecular complexity index is 289. The Labute approximate surface area is 101 Å². The third-order valence-electron chi connectivity index (χ3n) is 2.95. The highest BCUT2D eigenvalue weighted by atomic mass is 16.3. The van der Waals surface area contributed by atoms with Crippen LogP contribution in [0.15, 0.2) is 12.7 Å². The van der Waals surface area contributed by atoms with Crippen molar-refractivity contribution in [2.75, 3.05) is 19.7 Å². The summed E-state index contributed by atoms with van der Waals surface area (Å²) in [5.41, 5.74) is 0. The lowest BCUT2D eigenvalue weighted by Crippen LogP contribution is -2.50. The van der Waals surface area contributed by atoms with Crippen molar-refractivity contribution in [1.29, 1.82) is 0 Å². The molecule has 1 aliphatic heterocycles. The number of likely N-dealkylation sites (tertiary alicyclic amines) is 1. The van der Waals surface area contributed by atoms with E-state index in [0.717, 1.165) is 19.3 Å². The Morgan fingerprint density at radius 1 is 1.47 bits per heavy atom. The first-order valence-corrected chi connectivity index (χ1v) is 6.01. The first kappa shape index (κ1) is 13.7. The van der Waals surface area contributed by atoms with Crippen molar-refractivity contribution < 1.29 is 14.7 Å². The molecule has 1 heterocycles. The van der Waals surface area contributed by atoms with Gasteiger partial charge in [0.25, 0.3) is 0 Å². The molecule has 1 fully saturated rings. The molecule has 1 rings (SSSR count). The molecule has 0 saturated carbocycles. The molecule has 0 spiro atoms. The lowest BCUT2D eigenvalue weighted by Gasteiger charge is -2.34. The highest BCUT2D eigenvalue weighted by Crippen LogP contribution is 2.19. The van der Waals surface area contributed by atoms with Crippen molar-refractivity contribution in [3.05, 3.63) is 12.7 Å². The Morgan fingerprint density at radius 2 is 2.24 bits per heavy atom. The summed E-state index contributed by atoms with van der Waals surface area (Å²) in [5, 5.41) is 11.4. The number of nitrogens with zero attached hydrogens (tertiary/aromatic N) is 1. The summed E-state index contributed by atoms with van der Waals surface area (Å²) < 4.78 is 0. The zero-order valence-corrected chi connectivity index (χ0v) is 10.0. The Morgan fingerprint density at radius 3 is 2.88 bits per heavy atom. The maximum atomic E-state index is 11.9. The molecule has 1 aliphatic rings. The zero-order chi connectivity index (χ0) is 12.7. The van der Waals surface area contributed by atoms with Gasteiger partial charge in [-0.05, 0) is 25.7 Å². The largest absolute Gasteiger partial charge is 0.396 e. The number of amides is 2. The van der Waals surface area contributed by atoms with Gasteiger partial charge in [0.1, 0.15) is 0 Å². The fourth-order valence-electron chi connectivity index (χ4n) is 2.09. The van der Waals surface area contributed by atoms with E-state index in [4.69, 9.17) is 5.11 Å². The second kappa shape index (κ2) is 7.06. The van der Waals surface area contributed by atoms with Crippen LogP contribution in [0, 0.1) is 0 Å². The molecule has 0 aromatic heterocycles. The summed E-state index contributed by atoms with van der Waals surface area (Å²) in [6.45, 7) is 4.42. The molecule has 5 heteroatoms. The molecule has 1 saturated heterocycles. The van der Waals surface area contributed by atoms with E-state index in [1.165, 1.54) is 6.08 Å². The summed E-state index contributed by atoms with van der Waals surface area (Å²) in [6, 6.07) is -0.00395. The average Bonchev–Trinajstić information content (AvgIpc) is 2.36. The normalized spacial score (nSPS) is 19.8. The van der Waals surface area contributed by atoms with Gasteiger partial charge >= 0.3 is 11.8 Å². The lowest BCUT2D eigenvalue weighted by molar-refractivity contribution is -0.148. The molecular weight excluding hydrogens is 220 g/mol. The van der Waals surface area contributed by atoms with Crippen LogP contribution in [0.5, 0.6) is 0 Å². The van der Waals surface area contributed by atoms with Gasteiger partial charge < -0.3 is 15.3 Å². The number of hydrogen-bond acceptors (Lipinski definition) is 3. The number of aliphatic hydroxyl groups is 1. The number of rotatable bonds is 4. The van der Waals surface area contributed by atoms with E-state index in [1.54, 1.807) is 4.90 Å². The van der Waals surface area contributed by atoms with Crippen LogP contribution in [0.3, 0.4) is 0 Å². The summed E-state index contributed by atoms with van der Waals surface area (Å²) >= 11 is 0. The van der Waals surface area contributed by atoms with E-state index >= 15 is 0 Å². The standard InChI is InChI=1S/C12H20N2O3/c1-2-7-13-11(16)12(17)14-8-4-3-5-10(14)6-9-15/h2,10,15H,1,3-9H2,(H,13,16). The van der Waals surface area contributed by atoms with Crippen LogP contribution in [0.2, 0.25) is 0 Å². The number of carbonyl (C=O) groups excluding carboxylic acids is 2. The summed E-state index contributed by atoms with van der Waals surface area (Å²) in [4.78, 5) is 25.0. The molecular formula is C12H20N2O3. The van der Waals surface area contributed by atoms with Gasteiger partial charge in [-0.15, -0.1) is 6.58 Å². The molecule has 0 radical (unpaired) electrons. The van der Waals surface area contributed by atoms with E-state index < -0.39 is 11.8 Å². The van der Waals surface area contributed by atoms with Crippen LogP contribution in [0.1, 0.15) is 25.7 Å². The molecule has 0 aromatic rings. The predicted molar refractivity (Wildman–Crippen MR) is 64.3 cm³/mol. The van der Waals surface area contributed by atoms with Gasteiger partial charge in [0.2, 0.25) is 0 Å². The maximum absolute atomic E-state index is 11.9. The molecule has 2 N–H and O–H groups in total. The second-order valence-electron chi connectivity index (χ2n) is 4.16. The van der Waals surface area contributed by atoms with Crippen LogP contribution < -0.4 is 5.32 Å². The van der Waals surface area contributed by atoms with Gasteiger partial charge in [-0.3, -0.25) is 9.59 Å². The van der Waals surface area contributed by atoms with Gasteiger partial charge in [-0.25, -0.2) is 0 Å². The van der Waals surface area contributed by atoms with Crippen molar-refractivity contribution in [3.63, 3.8) is 0 Å². The first-order chi connectivity index (χ1) is 8.20. The molecule has 1 atom stereocenters. The van der Waals surface area contributed by atoms with Crippen molar-refractivity contribution in [2.24, 2.45) is 0 Å². The number of nitrogens with one attached hydrogen (secondary N) is 1. The van der Waals surface area contributed by atoms with Gasteiger partial charge in [0, 0.05) is 25.7 Å². The quantitative estimate of drug-likeness (QED) is 0.539. The Balaban J connectivity index is 2.57. The smallest absolute Gasteiger partial charge is 0.312 e. The minimum Gasteiger partial charge on any atom is -0.396 e. The van der Waals surface area contributed by atoms with E-state index in [9.17, 15) is 9.59 Å². The van der Waals surface area contributed by atoms with Crippen LogP contribution in [0.4, 0.5) is 0 Å². The van der Waals surface area contributed by atoms with Crippen LogP contribution in [0.25, 0.3) is 0 Å². The number of hydrogen-bond donors (Lipinski definition) is 2. The Hall–Kier alpha value is -1.36. The minimum atomic E-state index is -0.588. The maximum Gasteiger partial charge on any atom is 0.312 e. The molecule has 0 bridgehead atoms. The van der Waals surface area contributed by atoms with Crippen molar-refractivity contribution in [2.45, 2.75) is 31.7 Å². The molecule has 17 heavy (non-hydrogen) atoms. The average molecular weight is 240 g/mol. The molecule has 1 unspecified atom stereocenters. The second-order valence-corrected chi connectivity index (χ2v) is 4.16. The third kappa shape index (κ3) is 3.85. The summed E-state index contributed by atoms with van der Waals surface area (Å²) in [6.07, 6.45) is 4.90. The summed E-state index contributed by atoms with van der Waals surface area (Å²) in [5.74, 6) is -1.08. The van der Waals surface area contributed by atoms with Gasteiger partial charge in [-0.2, -0.15) is 0 Å². The third-order valence-corrected chi connectivity index (χ3v) is 2.95. The predicted octanol–water partition coefficient (Wildman–Crippen LogP) is 0.0521. The van der Waals surface area contributed by atoms with Crippen LogP contribution >= 0.6 is 0 Å². The van der Waals surface area contributed by atoms with E-state index in [0.29, 0.717) is 19.5 Å². The Kier molecular flexibility index (Phi) is 5.69. The monoisotopic (exact) mass is 240 g/mol. The van der Waals surface area contributed by atoms with E-state index in [2.05, 4.69) is 11.9 Å². The molecule has 5 nitrogen and oxygen atoms in total. The van der Waals surface area contributed by atoms with Crippen molar-refractivity contribution >= 4 is 11.8 Å². The summed E-state index contributed by atoms with van der Waals surface area (Å²) in [7, 11) is 0. The highest BCUT2D eigenvalue weighted by molar-refractivity contribution is 6.35. The van der Waals surface area contributed by atoms with Crippen molar-refractivity contribution in [3.8, 4) is 0 Å². The first-order valence-electron chi connectivity index (χ1n) is 6.01. The molecule has 0 aromatic carbocycles. The van der Waals surface area contributed by atoms with Crippen molar-refractivity contribution in [1.82, 2.24) is 10.2 Å². The minimum absolute atomic E-state index is 0.00395. The molecule has 0 aliphatic carbocycles. The van der Waals surface area contributed by atoms with Crippen LogP contribution in [-0.4, -0.2) is 47.6 Å². The number of piperidine rings is 1. The number of aliphatic hydroxyl groups excluding tert-OH is 1. The lowest BCUT2D eigenvalue weighted by atomic mass is 9.99. The molecule has 2 amide bonds. The van der Waals surface area contributed by atoms with E-state index in [-0.39, 0.29) is 12.6 Å². The van der Waals surface area contributed by atoms with E-state index in [1.807, 2.05) is 0 Å². The highest BCUT2D eigenvalue weighted by Gasteiger charge is 2.29. The number of carbonyl (C=O) groups is 2. The van der Waals surface area contributed by atoms with Crippen LogP contribution in [-0.2, 0) is 9.59 Å². The molecule has 96 valence electrons. The van der Waals surface area contributed by atoms with Gasteiger partial charge in [-0.1, -0.05) is 6.08 Å². The van der Waals surface area contributed by atoms with Gasteiger partial charge in [0.15, 0.2) is 0 Å². The van der Waals surface area contributed by atoms with Gasteiger partial charge in [0.05, 0.1) is 0 Å². The fraction of sp³-hybridized carbons (Fsp3) is 0.667. The zero-order valence-electron chi connectivity index (χ0n) is 10.0. The SMILES string of the molecule is C=CCNC(=O)C(=O)N1CCCCC1CCO. The topological polar surface area (TPSA) is 69.6 Å².